The molecule has 2 aromatic rings. The fourth-order valence-corrected chi connectivity index (χ4v) is 3.20. The van der Waals surface area contributed by atoms with Crippen LogP contribution in [-0.2, 0) is 4.79 Å². The first-order chi connectivity index (χ1) is 13.5. The van der Waals surface area contributed by atoms with Crippen molar-refractivity contribution >= 4 is 57.6 Å². The Balaban J connectivity index is 1.59. The Hall–Kier alpha value is -2.22. The van der Waals surface area contributed by atoms with E-state index in [4.69, 9.17) is 27.9 Å². The van der Waals surface area contributed by atoms with Crippen molar-refractivity contribution in [1.29, 1.82) is 0 Å². The third-order valence-electron chi connectivity index (χ3n) is 3.64. The van der Waals surface area contributed by atoms with Crippen LogP contribution in [0.5, 0.6) is 5.75 Å². The van der Waals surface area contributed by atoms with Crippen molar-refractivity contribution in [3.8, 4) is 5.75 Å². The molecule has 28 heavy (non-hydrogen) atoms. The normalized spacial score (nSPS) is 13.6. The third kappa shape index (κ3) is 6.15. The Kier molecular flexibility index (Phi) is 7.19. The summed E-state index contributed by atoms with van der Waals surface area (Å²) in [6.07, 6.45) is 0. The number of halogens is 2. The first-order valence-electron chi connectivity index (χ1n) is 8.54. The zero-order valence-electron chi connectivity index (χ0n) is 15.1. The lowest BCUT2D eigenvalue weighted by Gasteiger charge is -2.23. The molecule has 1 aliphatic rings. The number of likely N-dealkylation sites (N-methyl/N-ethyl adjacent to an activating group) is 1. The molecule has 0 saturated carbocycles. The lowest BCUT2D eigenvalue weighted by molar-refractivity contribution is -0.113. The van der Waals surface area contributed by atoms with Crippen LogP contribution in [-0.4, -0.2) is 40.8 Å². The summed E-state index contributed by atoms with van der Waals surface area (Å²) >= 11 is 13.0. The summed E-state index contributed by atoms with van der Waals surface area (Å²) in [4.78, 5) is 16.6. The number of hydrogen-bond donors (Lipinski definition) is 1. The highest BCUT2D eigenvalue weighted by molar-refractivity contribution is 8.14. The van der Waals surface area contributed by atoms with E-state index in [0.717, 1.165) is 0 Å². The molecule has 0 atom stereocenters. The van der Waals surface area contributed by atoms with Gasteiger partial charge in [0.25, 0.3) is 0 Å². The molecule has 146 valence electrons. The monoisotopic (exact) mass is 436 g/mol. The van der Waals surface area contributed by atoms with E-state index in [0.29, 0.717) is 45.6 Å². The number of rotatable bonds is 5. The van der Waals surface area contributed by atoms with Crippen LogP contribution >= 0.6 is 35.0 Å². The predicted octanol–water partition coefficient (Wildman–Crippen LogP) is 4.75. The lowest BCUT2D eigenvalue weighted by atomic mass is 10.3. The molecule has 1 amide bonds. The second-order valence-corrected chi connectivity index (χ2v) is 7.58. The summed E-state index contributed by atoms with van der Waals surface area (Å²) in [5.41, 5.74) is 0.686. The molecular formula is C19H18Cl2N4O2S. The van der Waals surface area contributed by atoms with Crippen LogP contribution in [0.3, 0.4) is 0 Å². The first kappa shape index (κ1) is 20.5. The van der Waals surface area contributed by atoms with Gasteiger partial charge in [-0.2, -0.15) is 4.99 Å². The molecular weight excluding hydrogens is 419 g/mol. The predicted molar refractivity (Wildman–Crippen MR) is 117 cm³/mol. The summed E-state index contributed by atoms with van der Waals surface area (Å²) in [7, 11) is 0. The number of hydrogen-bond acceptors (Lipinski definition) is 6. The minimum absolute atomic E-state index is 0.154. The number of nitrogens with one attached hydrogen (secondary N) is 1. The smallest absolute Gasteiger partial charge is 0.234 e. The van der Waals surface area contributed by atoms with E-state index in [1.165, 1.54) is 11.8 Å². The van der Waals surface area contributed by atoms with Crippen molar-refractivity contribution in [3.63, 3.8) is 0 Å². The molecule has 1 N–H and O–H groups in total. The Morgan fingerprint density at radius 1 is 1.14 bits per heavy atom. The molecule has 1 heterocycles. The molecule has 0 spiro atoms. The number of aliphatic imine (C=N–C) groups is 1. The van der Waals surface area contributed by atoms with Crippen molar-refractivity contribution < 1.29 is 9.53 Å². The van der Waals surface area contributed by atoms with Gasteiger partial charge in [-0.25, -0.2) is 0 Å². The van der Waals surface area contributed by atoms with Crippen LogP contribution in [0.2, 0.25) is 10.0 Å². The van der Waals surface area contributed by atoms with Gasteiger partial charge in [-0.05, 0) is 55.5 Å². The number of benzene rings is 2. The standard InChI is InChI=1S/C19H18Cl2N4O2S/c1-2-25-11-18(27-16-9-5-14(21)6-10-16)23-19(24-25)28-12-17(26)22-15-7-3-13(20)4-8-15/h3-10H,2,11-12H2,1H3,(H,22,26). The van der Waals surface area contributed by atoms with E-state index in [1.54, 1.807) is 48.5 Å². The quantitative estimate of drug-likeness (QED) is 0.733. The number of thioether (sulfide) groups is 1. The van der Waals surface area contributed by atoms with Crippen molar-refractivity contribution in [2.45, 2.75) is 6.92 Å². The van der Waals surface area contributed by atoms with Crippen molar-refractivity contribution in [1.82, 2.24) is 5.01 Å². The van der Waals surface area contributed by atoms with Gasteiger partial charge < -0.3 is 10.1 Å². The minimum atomic E-state index is -0.154. The highest BCUT2D eigenvalue weighted by Crippen LogP contribution is 2.19. The Bertz CT molecular complexity index is 886. The molecule has 0 unspecified atom stereocenters. The highest BCUT2D eigenvalue weighted by atomic mass is 35.5. The van der Waals surface area contributed by atoms with E-state index in [1.807, 2.05) is 11.9 Å². The van der Waals surface area contributed by atoms with Crippen LogP contribution in [0.15, 0.2) is 58.6 Å². The van der Waals surface area contributed by atoms with Gasteiger partial charge in [-0.15, -0.1) is 5.10 Å². The molecule has 0 radical (unpaired) electrons. The number of hydrazone groups is 1. The maximum absolute atomic E-state index is 12.2. The average molecular weight is 437 g/mol. The summed E-state index contributed by atoms with van der Waals surface area (Å²) in [6, 6.07) is 14.0. The fraction of sp³-hybridized carbons (Fsp3) is 0.211. The molecule has 0 fully saturated rings. The topological polar surface area (TPSA) is 66.3 Å². The zero-order chi connectivity index (χ0) is 19.9. The van der Waals surface area contributed by atoms with Crippen molar-refractivity contribution in [2.75, 3.05) is 24.2 Å². The van der Waals surface area contributed by atoms with Crippen LogP contribution in [0.4, 0.5) is 5.69 Å². The number of amides is 1. The second-order valence-electron chi connectivity index (χ2n) is 5.77. The van der Waals surface area contributed by atoms with Gasteiger partial charge in [-0.1, -0.05) is 35.0 Å². The van der Waals surface area contributed by atoms with Crippen LogP contribution < -0.4 is 10.1 Å². The fourth-order valence-electron chi connectivity index (χ4n) is 2.27. The number of carbonyl (C=O) groups is 1. The van der Waals surface area contributed by atoms with Crippen LogP contribution in [0.1, 0.15) is 6.92 Å². The molecule has 6 nitrogen and oxygen atoms in total. The zero-order valence-corrected chi connectivity index (χ0v) is 17.4. The number of anilines is 1. The maximum atomic E-state index is 12.2. The van der Waals surface area contributed by atoms with Gasteiger partial charge in [0.2, 0.25) is 17.0 Å². The largest absolute Gasteiger partial charge is 0.441 e. The van der Waals surface area contributed by atoms with Gasteiger partial charge in [0.05, 0.1) is 5.75 Å². The molecule has 0 aliphatic carbocycles. The number of carbonyl (C=O) groups excluding carboxylic acids is 1. The van der Waals surface area contributed by atoms with Gasteiger partial charge in [0.1, 0.15) is 12.3 Å². The summed E-state index contributed by atoms with van der Waals surface area (Å²) in [6.45, 7) is 3.15. The molecule has 2 aromatic carbocycles. The number of ether oxygens (including phenoxy) is 1. The number of amidine groups is 1. The summed E-state index contributed by atoms with van der Waals surface area (Å²) in [5.74, 6) is 1.18. The van der Waals surface area contributed by atoms with E-state index in [9.17, 15) is 4.79 Å². The SMILES string of the molecule is CCN1CC(Oc2ccc(Cl)cc2)=NC(SCC(=O)Nc2ccc(Cl)cc2)=N1. The summed E-state index contributed by atoms with van der Waals surface area (Å²) < 4.78 is 5.83. The third-order valence-corrected chi connectivity index (χ3v) is 4.98. The average Bonchev–Trinajstić information content (AvgIpc) is 2.70. The van der Waals surface area contributed by atoms with Gasteiger partial charge in [0, 0.05) is 22.3 Å². The van der Waals surface area contributed by atoms with Crippen LogP contribution in [0.25, 0.3) is 0 Å². The number of nitrogens with zero attached hydrogens (tertiary/aromatic N) is 3. The van der Waals surface area contributed by atoms with Gasteiger partial charge >= 0.3 is 0 Å². The Labute approximate surface area is 177 Å². The van der Waals surface area contributed by atoms with Crippen molar-refractivity contribution in [2.24, 2.45) is 10.1 Å². The Morgan fingerprint density at radius 3 is 2.43 bits per heavy atom. The van der Waals surface area contributed by atoms with Gasteiger partial charge in [-0.3, -0.25) is 9.80 Å². The lowest BCUT2D eigenvalue weighted by Crippen LogP contribution is -2.33. The molecule has 3 rings (SSSR count). The first-order valence-corrected chi connectivity index (χ1v) is 10.3. The van der Waals surface area contributed by atoms with Gasteiger partial charge in [0.15, 0.2) is 0 Å². The molecule has 0 saturated heterocycles. The molecule has 1 aliphatic heterocycles. The maximum Gasteiger partial charge on any atom is 0.234 e. The summed E-state index contributed by atoms with van der Waals surface area (Å²) in [5, 5.41) is 10.8. The minimum Gasteiger partial charge on any atom is -0.441 e. The Morgan fingerprint density at radius 2 is 1.79 bits per heavy atom. The van der Waals surface area contributed by atoms with Crippen molar-refractivity contribution in [3.05, 3.63) is 58.6 Å². The highest BCUT2D eigenvalue weighted by Gasteiger charge is 2.17. The molecule has 9 heteroatoms. The van der Waals surface area contributed by atoms with E-state index in [2.05, 4.69) is 15.4 Å². The second kappa shape index (κ2) is 9.82. The molecule has 0 bridgehead atoms. The van der Waals surface area contributed by atoms with Crippen LogP contribution in [0, 0.1) is 0 Å². The molecule has 0 aromatic heterocycles. The van der Waals surface area contributed by atoms with E-state index in [-0.39, 0.29) is 11.7 Å². The van der Waals surface area contributed by atoms with E-state index < -0.39 is 0 Å². The van der Waals surface area contributed by atoms with E-state index >= 15 is 0 Å².